The molecule has 0 aromatic rings. The zero-order chi connectivity index (χ0) is 7.42. The van der Waals surface area contributed by atoms with Crippen molar-refractivity contribution in [1.82, 2.24) is 0 Å². The van der Waals surface area contributed by atoms with Crippen molar-refractivity contribution in [2.45, 2.75) is 43.0 Å². The maximum Gasteiger partial charge on any atom is 0.101 e. The van der Waals surface area contributed by atoms with Gasteiger partial charge in [0.2, 0.25) is 0 Å². The summed E-state index contributed by atoms with van der Waals surface area (Å²) in [5, 5.41) is 0.961. The Morgan fingerprint density at radius 3 is 2.91 bits per heavy atom. The van der Waals surface area contributed by atoms with Crippen LogP contribution in [0.25, 0.3) is 0 Å². The summed E-state index contributed by atoms with van der Waals surface area (Å²) in [5.41, 5.74) is 0.472. The number of fused-ring (bicyclic) bond motifs is 1. The van der Waals surface area contributed by atoms with Crippen LogP contribution in [0.15, 0.2) is 0 Å². The second-order valence-electron chi connectivity index (χ2n) is 4.15. The average Bonchev–Trinajstić information content (AvgIpc) is 2.41. The Hall–Kier alpha value is 0.310. The molecule has 0 N–H and O–H groups in total. The third-order valence-electron chi connectivity index (χ3n) is 3.42. The van der Waals surface area contributed by atoms with Gasteiger partial charge in [0.1, 0.15) is 5.44 Å². The first-order valence-corrected chi connectivity index (χ1v) is 5.58. The second kappa shape index (κ2) is 2.17. The van der Waals surface area contributed by atoms with Gasteiger partial charge in [-0.25, -0.2) is 0 Å². The van der Waals surface area contributed by atoms with Gasteiger partial charge in [-0.2, -0.15) is 0 Å². The Labute approximate surface area is 71.9 Å². The van der Waals surface area contributed by atoms with Crippen LogP contribution < -0.4 is 0 Å². The van der Waals surface area contributed by atoms with Crippen molar-refractivity contribution >= 4 is 11.8 Å². The lowest BCUT2D eigenvalue weighted by atomic mass is 9.97. The largest absolute Gasteiger partial charge is 0.364 e. The summed E-state index contributed by atoms with van der Waals surface area (Å²) in [5.74, 6) is 1.95. The van der Waals surface area contributed by atoms with Crippen LogP contribution >= 0.6 is 11.8 Å². The van der Waals surface area contributed by atoms with Crippen LogP contribution in [0, 0.1) is 11.8 Å². The van der Waals surface area contributed by atoms with Gasteiger partial charge in [-0.15, -0.1) is 11.8 Å². The Bertz CT molecular complexity index is 166. The maximum absolute atomic E-state index is 5.87. The first-order chi connectivity index (χ1) is 5.33. The molecule has 2 saturated carbocycles. The summed E-state index contributed by atoms with van der Waals surface area (Å²) < 4.78 is 5.87. The number of rotatable bonds is 0. The van der Waals surface area contributed by atoms with E-state index in [9.17, 15) is 0 Å². The second-order valence-corrected chi connectivity index (χ2v) is 5.70. The van der Waals surface area contributed by atoms with Crippen LogP contribution in [0.3, 0.4) is 0 Å². The van der Waals surface area contributed by atoms with Crippen molar-refractivity contribution in [3.8, 4) is 0 Å². The van der Waals surface area contributed by atoms with Crippen molar-refractivity contribution < 1.29 is 4.74 Å². The standard InChI is InChI=1S/C9H14OS/c1-5-10-8-3-6-2-7(8)9(4-6)11-5/h5-9H,2-4H2,1H3/t5-,6+,7-,8+,9-/m0/s1. The van der Waals surface area contributed by atoms with Gasteiger partial charge in [0.05, 0.1) is 6.10 Å². The topological polar surface area (TPSA) is 9.23 Å². The van der Waals surface area contributed by atoms with Crippen molar-refractivity contribution in [2.75, 3.05) is 0 Å². The summed E-state index contributed by atoms with van der Waals surface area (Å²) in [4.78, 5) is 0. The summed E-state index contributed by atoms with van der Waals surface area (Å²) in [6.07, 6.45) is 4.97. The van der Waals surface area contributed by atoms with Gasteiger partial charge in [-0.3, -0.25) is 0 Å². The van der Waals surface area contributed by atoms with Crippen molar-refractivity contribution in [3.05, 3.63) is 0 Å². The molecule has 0 unspecified atom stereocenters. The van der Waals surface area contributed by atoms with E-state index in [1.54, 1.807) is 0 Å². The van der Waals surface area contributed by atoms with E-state index in [0.29, 0.717) is 11.5 Å². The molecule has 3 rings (SSSR count). The molecule has 5 atom stereocenters. The molecule has 2 aliphatic carbocycles. The minimum atomic E-state index is 0.472. The highest BCUT2D eigenvalue weighted by Gasteiger charge is 2.50. The predicted octanol–water partition coefficient (Wildman–Crippen LogP) is 2.26. The van der Waals surface area contributed by atoms with Crippen LogP contribution in [-0.4, -0.2) is 16.8 Å². The molecular weight excluding hydrogens is 156 g/mol. The first kappa shape index (κ1) is 6.79. The lowest BCUT2D eigenvalue weighted by Crippen LogP contribution is -2.37. The van der Waals surface area contributed by atoms with Crippen molar-refractivity contribution in [2.24, 2.45) is 11.8 Å². The molecule has 3 aliphatic rings. The molecular formula is C9H14OS. The SMILES string of the molecule is C[C@H]1O[C@@H]2C[C@H]3C[C@@H]2[C@H](C3)S1. The van der Waals surface area contributed by atoms with E-state index in [1.165, 1.54) is 19.3 Å². The van der Waals surface area contributed by atoms with Crippen molar-refractivity contribution in [1.29, 1.82) is 0 Å². The molecule has 0 aromatic heterocycles. The molecule has 62 valence electrons. The molecule has 3 fully saturated rings. The van der Waals surface area contributed by atoms with E-state index in [-0.39, 0.29) is 0 Å². The molecule has 0 aromatic carbocycles. The van der Waals surface area contributed by atoms with Gasteiger partial charge in [-0.05, 0) is 38.0 Å². The molecule has 1 aliphatic heterocycles. The van der Waals surface area contributed by atoms with E-state index in [4.69, 9.17) is 4.74 Å². The number of hydrogen-bond acceptors (Lipinski definition) is 2. The van der Waals surface area contributed by atoms with Crippen molar-refractivity contribution in [3.63, 3.8) is 0 Å². The van der Waals surface area contributed by atoms with E-state index >= 15 is 0 Å². The summed E-state index contributed by atoms with van der Waals surface area (Å²) in [7, 11) is 0. The molecule has 0 spiro atoms. The van der Waals surface area contributed by atoms with Gasteiger partial charge in [0.15, 0.2) is 0 Å². The minimum absolute atomic E-state index is 0.472. The average molecular weight is 170 g/mol. The molecule has 2 bridgehead atoms. The third-order valence-corrected chi connectivity index (χ3v) is 4.81. The number of thioether (sulfide) groups is 1. The fourth-order valence-electron chi connectivity index (χ4n) is 3.06. The fourth-order valence-corrected chi connectivity index (χ4v) is 4.63. The lowest BCUT2D eigenvalue weighted by Gasteiger charge is -2.37. The zero-order valence-electron chi connectivity index (χ0n) is 6.82. The van der Waals surface area contributed by atoms with E-state index in [0.717, 1.165) is 17.1 Å². The lowest BCUT2D eigenvalue weighted by molar-refractivity contribution is -0.00198. The van der Waals surface area contributed by atoms with E-state index < -0.39 is 0 Å². The van der Waals surface area contributed by atoms with Gasteiger partial charge in [0.25, 0.3) is 0 Å². The smallest absolute Gasteiger partial charge is 0.101 e. The number of ether oxygens (including phenoxy) is 1. The van der Waals surface area contributed by atoms with Crippen LogP contribution in [-0.2, 0) is 4.74 Å². The van der Waals surface area contributed by atoms with Crippen LogP contribution in [0.5, 0.6) is 0 Å². The van der Waals surface area contributed by atoms with Crippen LogP contribution in [0.4, 0.5) is 0 Å². The quantitative estimate of drug-likeness (QED) is 0.551. The van der Waals surface area contributed by atoms with Gasteiger partial charge < -0.3 is 4.74 Å². The molecule has 0 amide bonds. The predicted molar refractivity (Wildman–Crippen MR) is 46.5 cm³/mol. The van der Waals surface area contributed by atoms with Crippen LogP contribution in [0.2, 0.25) is 0 Å². The van der Waals surface area contributed by atoms with Gasteiger partial charge >= 0.3 is 0 Å². The minimum Gasteiger partial charge on any atom is -0.364 e. The summed E-state index contributed by atoms with van der Waals surface area (Å²) >= 11 is 2.07. The normalized spacial score (nSPS) is 60.3. The summed E-state index contributed by atoms with van der Waals surface area (Å²) in [6.45, 7) is 2.20. The number of hydrogen-bond donors (Lipinski definition) is 0. The van der Waals surface area contributed by atoms with Crippen LogP contribution in [0.1, 0.15) is 26.2 Å². The third kappa shape index (κ3) is 0.888. The highest BCUT2D eigenvalue weighted by Crippen LogP contribution is 2.55. The molecule has 1 heterocycles. The maximum atomic E-state index is 5.87. The Kier molecular flexibility index (Phi) is 1.34. The Morgan fingerprint density at radius 2 is 2.18 bits per heavy atom. The molecule has 2 heteroatoms. The monoisotopic (exact) mass is 170 g/mol. The Balaban J connectivity index is 1.87. The molecule has 1 nitrogen and oxygen atoms in total. The van der Waals surface area contributed by atoms with Gasteiger partial charge in [0, 0.05) is 5.25 Å². The zero-order valence-corrected chi connectivity index (χ0v) is 7.64. The first-order valence-electron chi connectivity index (χ1n) is 4.64. The fraction of sp³-hybridized carbons (Fsp3) is 1.00. The molecule has 11 heavy (non-hydrogen) atoms. The molecule has 1 saturated heterocycles. The van der Waals surface area contributed by atoms with E-state index in [1.807, 2.05) is 0 Å². The highest BCUT2D eigenvalue weighted by molar-refractivity contribution is 8.00. The van der Waals surface area contributed by atoms with Gasteiger partial charge in [-0.1, -0.05) is 0 Å². The highest BCUT2D eigenvalue weighted by atomic mass is 32.2. The molecule has 0 radical (unpaired) electrons. The Morgan fingerprint density at radius 1 is 1.27 bits per heavy atom. The van der Waals surface area contributed by atoms with E-state index in [2.05, 4.69) is 18.7 Å². The summed E-state index contributed by atoms with van der Waals surface area (Å²) in [6, 6.07) is 0.